The average Bonchev–Trinajstić information content (AvgIpc) is 1.65. The molecule has 0 aromatic rings. The molecular formula is C3H8N2O3S. The second kappa shape index (κ2) is 2.79. The van der Waals surface area contributed by atoms with E-state index >= 15 is 0 Å². The molecule has 0 aliphatic heterocycles. The Morgan fingerprint density at radius 1 is 1.78 bits per heavy atom. The molecule has 0 saturated carbocycles. The van der Waals surface area contributed by atoms with Crippen molar-refractivity contribution < 1.29 is 12.6 Å². The van der Waals surface area contributed by atoms with Crippen LogP contribution < -0.4 is 5.73 Å². The maximum Gasteiger partial charge on any atom is 0.329 e. The van der Waals surface area contributed by atoms with Crippen LogP contribution in [-0.4, -0.2) is 20.2 Å². The van der Waals surface area contributed by atoms with Gasteiger partial charge >= 0.3 is 10.1 Å². The first-order chi connectivity index (χ1) is 4.00. The van der Waals surface area contributed by atoms with Crippen LogP contribution in [0.25, 0.3) is 0 Å². The highest BCUT2D eigenvalue weighted by Crippen LogP contribution is 1.88. The highest BCUT2D eigenvalue weighted by Gasteiger charge is 2.12. The highest BCUT2D eigenvalue weighted by atomic mass is 32.2. The normalized spacial score (nSPS) is 11.2. The van der Waals surface area contributed by atoms with E-state index in [9.17, 15) is 8.42 Å². The van der Waals surface area contributed by atoms with Gasteiger partial charge in [0.15, 0.2) is 0 Å². The standard InChI is InChI=1S/C3H8N2O3S/c1-2-8-9(6,7)3(4)5/h2H2,1H3,(H3,4,5). The van der Waals surface area contributed by atoms with Crippen LogP contribution in [0.1, 0.15) is 6.92 Å². The van der Waals surface area contributed by atoms with Crippen LogP contribution in [0.5, 0.6) is 0 Å². The fourth-order valence-electron chi connectivity index (χ4n) is 0.219. The molecule has 0 aliphatic rings. The molecular weight excluding hydrogens is 144 g/mol. The third-order valence-corrected chi connectivity index (χ3v) is 1.63. The van der Waals surface area contributed by atoms with Crippen molar-refractivity contribution >= 4 is 15.3 Å². The number of nitrogens with two attached hydrogens (primary N) is 1. The van der Waals surface area contributed by atoms with Gasteiger partial charge in [-0.25, -0.2) is 0 Å². The molecule has 0 spiro atoms. The van der Waals surface area contributed by atoms with Gasteiger partial charge in [0, 0.05) is 0 Å². The van der Waals surface area contributed by atoms with Crippen molar-refractivity contribution in [3.63, 3.8) is 0 Å². The van der Waals surface area contributed by atoms with E-state index in [1.165, 1.54) is 6.92 Å². The zero-order chi connectivity index (χ0) is 7.49. The zero-order valence-corrected chi connectivity index (χ0v) is 5.73. The van der Waals surface area contributed by atoms with Gasteiger partial charge in [0.2, 0.25) is 5.17 Å². The zero-order valence-electron chi connectivity index (χ0n) is 4.92. The molecule has 9 heavy (non-hydrogen) atoms. The first-order valence-corrected chi connectivity index (χ1v) is 3.65. The summed E-state index contributed by atoms with van der Waals surface area (Å²) in [6.45, 7) is 1.50. The maximum atomic E-state index is 10.4. The van der Waals surface area contributed by atoms with Crippen LogP contribution in [0.2, 0.25) is 0 Å². The van der Waals surface area contributed by atoms with E-state index in [2.05, 4.69) is 9.92 Å². The molecule has 0 aliphatic carbocycles. The molecule has 5 nitrogen and oxygen atoms in total. The van der Waals surface area contributed by atoms with Crippen molar-refractivity contribution in [2.45, 2.75) is 6.92 Å². The first kappa shape index (κ1) is 8.38. The van der Waals surface area contributed by atoms with Crippen LogP contribution in [0, 0.1) is 5.41 Å². The number of nitrogens with one attached hydrogen (secondary N) is 1. The number of rotatable bonds is 2. The van der Waals surface area contributed by atoms with Crippen molar-refractivity contribution in [2.24, 2.45) is 5.73 Å². The molecule has 3 N–H and O–H groups in total. The SMILES string of the molecule is CCOS(=O)(=O)C(=N)N. The molecule has 54 valence electrons. The Morgan fingerprint density at radius 2 is 2.22 bits per heavy atom. The van der Waals surface area contributed by atoms with Crippen molar-refractivity contribution in [3.05, 3.63) is 0 Å². The fraction of sp³-hybridized carbons (Fsp3) is 0.667. The maximum absolute atomic E-state index is 10.4. The Balaban J connectivity index is 4.23. The Labute approximate surface area is 53.4 Å². The van der Waals surface area contributed by atoms with Crippen molar-refractivity contribution in [1.29, 1.82) is 5.41 Å². The fourth-order valence-corrected chi connectivity index (χ4v) is 0.656. The van der Waals surface area contributed by atoms with Gasteiger partial charge in [-0.15, -0.1) is 0 Å². The summed E-state index contributed by atoms with van der Waals surface area (Å²) in [5.41, 5.74) is 4.63. The summed E-state index contributed by atoms with van der Waals surface area (Å²) in [5, 5.41) is 5.51. The van der Waals surface area contributed by atoms with Crippen molar-refractivity contribution in [2.75, 3.05) is 6.61 Å². The molecule has 0 unspecified atom stereocenters. The van der Waals surface area contributed by atoms with E-state index in [1.807, 2.05) is 0 Å². The van der Waals surface area contributed by atoms with Crippen LogP contribution in [0.4, 0.5) is 0 Å². The highest BCUT2D eigenvalue weighted by molar-refractivity contribution is 8.02. The molecule has 0 fully saturated rings. The molecule has 0 bridgehead atoms. The number of hydrogen-bond acceptors (Lipinski definition) is 4. The lowest BCUT2D eigenvalue weighted by molar-refractivity contribution is 0.347. The summed E-state index contributed by atoms with van der Waals surface area (Å²) in [5.74, 6) is 0. The molecule has 0 radical (unpaired) electrons. The third kappa shape index (κ3) is 2.43. The predicted molar refractivity (Wildman–Crippen MR) is 32.5 cm³/mol. The summed E-state index contributed by atoms with van der Waals surface area (Å²) in [7, 11) is -3.89. The molecule has 0 atom stereocenters. The van der Waals surface area contributed by atoms with E-state index in [1.54, 1.807) is 0 Å². The molecule has 0 amide bonds. The summed E-state index contributed by atoms with van der Waals surface area (Å²) in [6, 6.07) is 0. The van der Waals surface area contributed by atoms with Crippen LogP contribution in [0.3, 0.4) is 0 Å². The van der Waals surface area contributed by atoms with Gasteiger partial charge in [-0.05, 0) is 6.92 Å². The largest absolute Gasteiger partial charge is 0.373 e. The van der Waals surface area contributed by atoms with Crippen LogP contribution in [0.15, 0.2) is 0 Å². The topological polar surface area (TPSA) is 93.2 Å². The van der Waals surface area contributed by atoms with Crippen LogP contribution >= 0.6 is 0 Å². The lowest BCUT2D eigenvalue weighted by atomic mass is 10.9. The monoisotopic (exact) mass is 152 g/mol. The average molecular weight is 152 g/mol. The van der Waals surface area contributed by atoms with Crippen LogP contribution in [-0.2, 0) is 14.3 Å². The second-order valence-electron chi connectivity index (χ2n) is 1.22. The van der Waals surface area contributed by atoms with Gasteiger partial charge in [-0.2, -0.15) is 8.42 Å². The van der Waals surface area contributed by atoms with Crippen molar-refractivity contribution in [1.82, 2.24) is 0 Å². The summed E-state index contributed by atoms with van der Waals surface area (Å²) in [6.07, 6.45) is 0. The minimum atomic E-state index is -3.89. The minimum absolute atomic E-state index is 0.00190. The summed E-state index contributed by atoms with van der Waals surface area (Å²) in [4.78, 5) is 0. The first-order valence-electron chi connectivity index (χ1n) is 2.24. The molecule has 0 aromatic heterocycles. The van der Waals surface area contributed by atoms with Gasteiger partial charge in [-0.3, -0.25) is 9.59 Å². The smallest absolute Gasteiger partial charge is 0.329 e. The second-order valence-corrected chi connectivity index (χ2v) is 2.81. The third-order valence-electron chi connectivity index (χ3n) is 0.542. The van der Waals surface area contributed by atoms with Crippen molar-refractivity contribution in [3.8, 4) is 0 Å². The predicted octanol–water partition coefficient (Wildman–Crippen LogP) is -0.754. The van der Waals surface area contributed by atoms with Gasteiger partial charge in [0.1, 0.15) is 0 Å². The molecule has 6 heteroatoms. The quantitative estimate of drug-likeness (QED) is 0.309. The van der Waals surface area contributed by atoms with Gasteiger partial charge in [0.05, 0.1) is 6.61 Å². The molecule has 0 saturated heterocycles. The van der Waals surface area contributed by atoms with Gasteiger partial charge in [-0.1, -0.05) is 0 Å². The van der Waals surface area contributed by atoms with Gasteiger partial charge in [0.25, 0.3) is 0 Å². The van der Waals surface area contributed by atoms with E-state index in [0.717, 1.165) is 0 Å². The summed E-state index contributed by atoms with van der Waals surface area (Å²) >= 11 is 0. The molecule has 0 rings (SSSR count). The number of amidine groups is 1. The Hall–Kier alpha value is -0.620. The summed E-state index contributed by atoms with van der Waals surface area (Å²) < 4.78 is 24.8. The Bertz CT molecular complexity index is 195. The van der Waals surface area contributed by atoms with E-state index < -0.39 is 15.3 Å². The minimum Gasteiger partial charge on any atom is -0.373 e. The lowest BCUT2D eigenvalue weighted by Gasteiger charge is -1.97. The van der Waals surface area contributed by atoms with E-state index in [-0.39, 0.29) is 6.61 Å². The lowest BCUT2D eigenvalue weighted by Crippen LogP contribution is -2.24. The van der Waals surface area contributed by atoms with E-state index in [0.29, 0.717) is 0 Å². The Kier molecular flexibility index (Phi) is 2.60. The van der Waals surface area contributed by atoms with Gasteiger partial charge < -0.3 is 5.73 Å². The van der Waals surface area contributed by atoms with E-state index in [4.69, 9.17) is 5.41 Å². The molecule has 0 aromatic carbocycles. The molecule has 0 heterocycles. The number of hydrogen-bond donors (Lipinski definition) is 2. The Morgan fingerprint density at radius 3 is 2.33 bits per heavy atom.